The van der Waals surface area contributed by atoms with Crippen LogP contribution in [0.25, 0.3) is 10.8 Å². The highest BCUT2D eigenvalue weighted by Crippen LogP contribution is 2.29. The van der Waals surface area contributed by atoms with Crippen molar-refractivity contribution in [1.82, 2.24) is 0 Å². The van der Waals surface area contributed by atoms with Crippen LogP contribution in [-0.4, -0.2) is 12.8 Å². The van der Waals surface area contributed by atoms with Crippen LogP contribution in [0.4, 0.5) is 5.69 Å². The van der Waals surface area contributed by atoms with Crippen molar-refractivity contribution in [2.24, 2.45) is 4.99 Å². The monoisotopic (exact) mass is 337 g/mol. The lowest BCUT2D eigenvalue weighted by Crippen LogP contribution is -1.99. The van der Waals surface area contributed by atoms with Gasteiger partial charge in [-0.3, -0.25) is 4.99 Å². The van der Waals surface area contributed by atoms with Crippen molar-refractivity contribution in [1.29, 1.82) is 0 Å². The summed E-state index contributed by atoms with van der Waals surface area (Å²) in [5, 5.41) is 2.99. The Balaban J connectivity index is 2.08. The molecular formula is C21H20ClNO. The molecule has 0 N–H and O–H groups in total. The van der Waals surface area contributed by atoms with Crippen LogP contribution in [0.2, 0.25) is 5.02 Å². The molecule has 3 rings (SSSR count). The van der Waals surface area contributed by atoms with Crippen molar-refractivity contribution >= 4 is 34.3 Å². The highest BCUT2D eigenvalue weighted by Gasteiger charge is 2.07. The Kier molecular flexibility index (Phi) is 5.17. The van der Waals surface area contributed by atoms with E-state index in [2.05, 4.69) is 30.1 Å². The van der Waals surface area contributed by atoms with E-state index in [4.69, 9.17) is 16.3 Å². The predicted octanol–water partition coefficient (Wildman–Crippen LogP) is 6.34. The number of hydrogen-bond acceptors (Lipinski definition) is 2. The van der Waals surface area contributed by atoms with Crippen LogP contribution >= 0.6 is 11.6 Å². The lowest BCUT2D eigenvalue weighted by atomic mass is 10.0. The maximum Gasteiger partial charge on any atom is 0.128 e. The Labute approximate surface area is 147 Å². The standard InChI is InChI=1S/C21H20ClNO/c1-3-12-24-21-11-9-16-6-4-5-7-18(16)19(21)14-23-20-13-17(22)10-8-15(20)2/h4-11,13-14H,3,12H2,1-2H3. The van der Waals surface area contributed by atoms with Crippen LogP contribution in [0.1, 0.15) is 24.5 Å². The minimum atomic E-state index is 0.688. The summed E-state index contributed by atoms with van der Waals surface area (Å²) in [5.41, 5.74) is 2.96. The van der Waals surface area contributed by atoms with Gasteiger partial charge in [-0.15, -0.1) is 0 Å². The number of fused-ring (bicyclic) bond motifs is 1. The number of aliphatic imine (C=N–C) groups is 1. The molecule has 0 atom stereocenters. The van der Waals surface area contributed by atoms with Crippen molar-refractivity contribution in [2.45, 2.75) is 20.3 Å². The van der Waals surface area contributed by atoms with Gasteiger partial charge < -0.3 is 4.74 Å². The zero-order valence-corrected chi connectivity index (χ0v) is 14.7. The molecule has 0 amide bonds. The van der Waals surface area contributed by atoms with Crippen LogP contribution in [-0.2, 0) is 0 Å². The minimum Gasteiger partial charge on any atom is -0.493 e. The van der Waals surface area contributed by atoms with Gasteiger partial charge in [0.05, 0.1) is 12.3 Å². The molecular weight excluding hydrogens is 318 g/mol. The molecule has 0 aliphatic carbocycles. The average Bonchev–Trinajstić information content (AvgIpc) is 2.61. The summed E-state index contributed by atoms with van der Waals surface area (Å²) in [7, 11) is 0. The van der Waals surface area contributed by atoms with Crippen molar-refractivity contribution in [3.63, 3.8) is 0 Å². The molecule has 0 heterocycles. The highest BCUT2D eigenvalue weighted by atomic mass is 35.5. The number of nitrogens with zero attached hydrogens (tertiary/aromatic N) is 1. The number of rotatable bonds is 5. The van der Waals surface area contributed by atoms with Crippen LogP contribution in [0, 0.1) is 6.92 Å². The van der Waals surface area contributed by atoms with Gasteiger partial charge in [-0.05, 0) is 47.9 Å². The maximum absolute atomic E-state index is 6.09. The fourth-order valence-corrected chi connectivity index (χ4v) is 2.77. The van der Waals surface area contributed by atoms with Gasteiger partial charge in [-0.2, -0.15) is 0 Å². The Morgan fingerprint density at radius 1 is 1.08 bits per heavy atom. The van der Waals surface area contributed by atoms with Gasteiger partial charge in [-0.1, -0.05) is 54.9 Å². The molecule has 0 aromatic heterocycles. The van der Waals surface area contributed by atoms with Gasteiger partial charge >= 0.3 is 0 Å². The second-order valence-electron chi connectivity index (χ2n) is 5.74. The average molecular weight is 338 g/mol. The third-order valence-electron chi connectivity index (χ3n) is 3.90. The first-order valence-electron chi connectivity index (χ1n) is 8.14. The topological polar surface area (TPSA) is 21.6 Å². The Bertz CT molecular complexity index is 886. The number of ether oxygens (including phenoxy) is 1. The smallest absolute Gasteiger partial charge is 0.128 e. The lowest BCUT2D eigenvalue weighted by molar-refractivity contribution is 0.317. The number of halogens is 1. The predicted molar refractivity (Wildman–Crippen MR) is 103 cm³/mol. The molecule has 2 nitrogen and oxygen atoms in total. The molecule has 0 bridgehead atoms. The minimum absolute atomic E-state index is 0.688. The van der Waals surface area contributed by atoms with E-state index >= 15 is 0 Å². The first-order chi connectivity index (χ1) is 11.7. The van der Waals surface area contributed by atoms with Gasteiger partial charge in [0.2, 0.25) is 0 Å². The third kappa shape index (κ3) is 3.60. The summed E-state index contributed by atoms with van der Waals surface area (Å²) in [6.07, 6.45) is 2.85. The first-order valence-corrected chi connectivity index (χ1v) is 8.51. The van der Waals surface area contributed by atoms with E-state index in [1.165, 1.54) is 5.39 Å². The van der Waals surface area contributed by atoms with Crippen LogP contribution in [0.5, 0.6) is 5.75 Å². The van der Waals surface area contributed by atoms with Gasteiger partial charge in [-0.25, -0.2) is 0 Å². The van der Waals surface area contributed by atoms with E-state index in [0.29, 0.717) is 11.6 Å². The van der Waals surface area contributed by atoms with Crippen molar-refractivity contribution in [3.8, 4) is 5.75 Å². The summed E-state index contributed by atoms with van der Waals surface area (Å²) in [5.74, 6) is 0.860. The normalized spacial score (nSPS) is 11.3. The third-order valence-corrected chi connectivity index (χ3v) is 4.13. The number of aryl methyl sites for hydroxylation is 1. The molecule has 0 saturated carbocycles. The zero-order valence-electron chi connectivity index (χ0n) is 13.9. The summed E-state index contributed by atoms with van der Waals surface area (Å²) >= 11 is 6.09. The van der Waals surface area contributed by atoms with E-state index in [9.17, 15) is 0 Å². The van der Waals surface area contributed by atoms with E-state index in [-0.39, 0.29) is 0 Å². The van der Waals surface area contributed by atoms with E-state index < -0.39 is 0 Å². The lowest BCUT2D eigenvalue weighted by Gasteiger charge is -2.11. The zero-order chi connectivity index (χ0) is 16.9. The first kappa shape index (κ1) is 16.5. The molecule has 0 aliphatic rings. The van der Waals surface area contributed by atoms with E-state index in [0.717, 1.165) is 34.4 Å². The highest BCUT2D eigenvalue weighted by molar-refractivity contribution is 6.30. The Morgan fingerprint density at radius 2 is 1.92 bits per heavy atom. The molecule has 0 spiro atoms. The van der Waals surface area contributed by atoms with Crippen molar-refractivity contribution in [2.75, 3.05) is 6.61 Å². The van der Waals surface area contributed by atoms with E-state index in [1.807, 2.05) is 49.5 Å². The fraction of sp³-hybridized carbons (Fsp3) is 0.190. The molecule has 122 valence electrons. The SMILES string of the molecule is CCCOc1ccc2ccccc2c1C=Nc1cc(Cl)ccc1C. The van der Waals surface area contributed by atoms with Gasteiger partial charge in [0, 0.05) is 16.8 Å². The molecule has 0 aliphatic heterocycles. The number of hydrogen-bond donors (Lipinski definition) is 0. The summed E-state index contributed by atoms with van der Waals surface area (Å²) in [6, 6.07) is 18.1. The second kappa shape index (κ2) is 7.50. The second-order valence-corrected chi connectivity index (χ2v) is 6.17. The molecule has 0 fully saturated rings. The molecule has 0 unspecified atom stereocenters. The quantitative estimate of drug-likeness (QED) is 0.498. The molecule has 24 heavy (non-hydrogen) atoms. The molecule has 3 aromatic rings. The molecule has 3 aromatic carbocycles. The van der Waals surface area contributed by atoms with E-state index in [1.54, 1.807) is 0 Å². The molecule has 3 heteroatoms. The summed E-state index contributed by atoms with van der Waals surface area (Å²) < 4.78 is 5.92. The van der Waals surface area contributed by atoms with Gasteiger partial charge in [0.15, 0.2) is 0 Å². The molecule has 0 saturated heterocycles. The van der Waals surface area contributed by atoms with Gasteiger partial charge in [0.1, 0.15) is 5.75 Å². The maximum atomic E-state index is 6.09. The number of benzene rings is 3. The van der Waals surface area contributed by atoms with Crippen molar-refractivity contribution < 1.29 is 4.74 Å². The summed E-state index contributed by atoms with van der Waals surface area (Å²) in [6.45, 7) is 4.82. The molecule has 0 radical (unpaired) electrons. The Morgan fingerprint density at radius 3 is 2.75 bits per heavy atom. The van der Waals surface area contributed by atoms with Crippen LogP contribution in [0.15, 0.2) is 59.6 Å². The Hall–Kier alpha value is -2.32. The summed E-state index contributed by atoms with van der Waals surface area (Å²) in [4.78, 5) is 4.67. The van der Waals surface area contributed by atoms with Crippen LogP contribution < -0.4 is 4.74 Å². The largest absolute Gasteiger partial charge is 0.493 e. The van der Waals surface area contributed by atoms with Gasteiger partial charge in [0.25, 0.3) is 0 Å². The fourth-order valence-electron chi connectivity index (χ4n) is 2.60. The van der Waals surface area contributed by atoms with Crippen LogP contribution in [0.3, 0.4) is 0 Å². The van der Waals surface area contributed by atoms with Crippen molar-refractivity contribution in [3.05, 3.63) is 70.7 Å².